The second-order valence-corrected chi connectivity index (χ2v) is 5.73. The zero-order valence-corrected chi connectivity index (χ0v) is 12.9. The van der Waals surface area contributed by atoms with E-state index in [9.17, 15) is 9.59 Å². The average molecular weight is 303 g/mol. The van der Waals surface area contributed by atoms with Crippen molar-refractivity contribution in [2.75, 3.05) is 0 Å². The molecule has 0 bridgehead atoms. The van der Waals surface area contributed by atoms with E-state index in [4.69, 9.17) is 9.47 Å². The molecular formula is C17H21NO4. The molecule has 22 heavy (non-hydrogen) atoms. The molecule has 1 heterocycles. The number of nitrogens with one attached hydrogen (secondary N) is 1. The molecule has 2 atom stereocenters. The minimum atomic E-state index is -0.517. The highest BCUT2D eigenvalue weighted by molar-refractivity contribution is 5.90. The monoisotopic (exact) mass is 303 g/mol. The van der Waals surface area contributed by atoms with Crippen LogP contribution in [-0.4, -0.2) is 24.2 Å². The largest absolute Gasteiger partial charge is 0.456 e. The predicted molar refractivity (Wildman–Crippen MR) is 82.0 cm³/mol. The molecule has 1 fully saturated rings. The Morgan fingerprint density at radius 1 is 1.41 bits per heavy atom. The summed E-state index contributed by atoms with van der Waals surface area (Å²) in [5.74, 6) is -0.289. The second kappa shape index (κ2) is 7.11. The standard InChI is InChI=1S/C17H21NO4/c1-11(2)15(14-9-12(3)16(19)22-14)18-17(20)21-10-13-7-5-4-6-8-13/h4-8,11,14-15H,3,9-10H2,1-2H3,(H,18,20)/t14-,15+/m1/s1. The van der Waals surface area contributed by atoms with Crippen LogP contribution < -0.4 is 5.32 Å². The van der Waals surface area contributed by atoms with E-state index in [1.54, 1.807) is 0 Å². The van der Waals surface area contributed by atoms with Gasteiger partial charge in [0.25, 0.3) is 0 Å². The fourth-order valence-corrected chi connectivity index (χ4v) is 2.38. The van der Waals surface area contributed by atoms with E-state index in [0.29, 0.717) is 12.0 Å². The van der Waals surface area contributed by atoms with Crippen LogP contribution in [0.4, 0.5) is 4.79 Å². The number of ether oxygens (including phenoxy) is 2. The maximum absolute atomic E-state index is 12.0. The Labute approximate surface area is 130 Å². The average Bonchev–Trinajstić information content (AvgIpc) is 2.82. The highest BCUT2D eigenvalue weighted by Crippen LogP contribution is 2.24. The Hall–Kier alpha value is -2.30. The van der Waals surface area contributed by atoms with Gasteiger partial charge >= 0.3 is 12.1 Å². The maximum Gasteiger partial charge on any atom is 0.407 e. The van der Waals surface area contributed by atoms with Crippen LogP contribution in [0.3, 0.4) is 0 Å². The molecule has 1 saturated heterocycles. The van der Waals surface area contributed by atoms with Crippen LogP contribution in [0, 0.1) is 5.92 Å². The SMILES string of the molecule is C=C1C[C@H]([C@@H](NC(=O)OCc2ccccc2)C(C)C)OC1=O. The summed E-state index contributed by atoms with van der Waals surface area (Å²) in [6.45, 7) is 7.78. The van der Waals surface area contributed by atoms with Crippen molar-refractivity contribution in [1.29, 1.82) is 0 Å². The second-order valence-electron chi connectivity index (χ2n) is 5.73. The lowest BCUT2D eigenvalue weighted by Gasteiger charge is -2.26. The quantitative estimate of drug-likeness (QED) is 0.671. The molecule has 1 aromatic rings. The van der Waals surface area contributed by atoms with Gasteiger partial charge in [-0.05, 0) is 11.5 Å². The molecule has 0 saturated carbocycles. The number of rotatable bonds is 5. The molecule has 1 aliphatic heterocycles. The van der Waals surface area contributed by atoms with Crippen LogP contribution >= 0.6 is 0 Å². The summed E-state index contributed by atoms with van der Waals surface area (Å²) < 4.78 is 10.5. The van der Waals surface area contributed by atoms with Crippen molar-refractivity contribution in [2.24, 2.45) is 5.92 Å². The van der Waals surface area contributed by atoms with E-state index in [-0.39, 0.29) is 24.7 Å². The van der Waals surface area contributed by atoms with Gasteiger partial charge in [0.05, 0.1) is 6.04 Å². The molecule has 1 N–H and O–H groups in total. The highest BCUT2D eigenvalue weighted by atomic mass is 16.6. The third-order valence-corrected chi connectivity index (χ3v) is 3.61. The normalized spacial score (nSPS) is 19.0. The lowest BCUT2D eigenvalue weighted by molar-refractivity contribution is -0.140. The summed E-state index contributed by atoms with van der Waals surface area (Å²) in [5, 5.41) is 2.79. The molecule has 0 aliphatic carbocycles. The number of hydrogen-bond donors (Lipinski definition) is 1. The Kier molecular flexibility index (Phi) is 5.20. The first-order chi connectivity index (χ1) is 10.5. The van der Waals surface area contributed by atoms with E-state index in [1.807, 2.05) is 44.2 Å². The molecule has 1 amide bonds. The molecule has 5 nitrogen and oxygen atoms in total. The van der Waals surface area contributed by atoms with Gasteiger partial charge < -0.3 is 14.8 Å². The minimum absolute atomic E-state index is 0.105. The van der Waals surface area contributed by atoms with E-state index in [1.165, 1.54) is 0 Å². The number of benzene rings is 1. The van der Waals surface area contributed by atoms with Gasteiger partial charge in [0.15, 0.2) is 0 Å². The van der Waals surface area contributed by atoms with Gasteiger partial charge in [0.2, 0.25) is 0 Å². The first-order valence-corrected chi connectivity index (χ1v) is 7.33. The van der Waals surface area contributed by atoms with Gasteiger partial charge in [0, 0.05) is 12.0 Å². The first-order valence-electron chi connectivity index (χ1n) is 7.33. The predicted octanol–water partition coefficient (Wildman–Crippen LogP) is 2.81. The summed E-state index contributed by atoms with van der Waals surface area (Å²) in [5.41, 5.74) is 1.36. The summed E-state index contributed by atoms with van der Waals surface area (Å²) in [6, 6.07) is 9.14. The Morgan fingerprint density at radius 2 is 2.09 bits per heavy atom. The van der Waals surface area contributed by atoms with Crippen LogP contribution in [0.15, 0.2) is 42.5 Å². The van der Waals surface area contributed by atoms with Crippen LogP contribution in [-0.2, 0) is 20.9 Å². The number of cyclic esters (lactones) is 1. The van der Waals surface area contributed by atoms with E-state index < -0.39 is 12.1 Å². The lowest BCUT2D eigenvalue weighted by Crippen LogP contribution is -2.46. The van der Waals surface area contributed by atoms with Crippen molar-refractivity contribution < 1.29 is 19.1 Å². The van der Waals surface area contributed by atoms with Gasteiger partial charge in [-0.25, -0.2) is 9.59 Å². The molecule has 0 aromatic heterocycles. The third kappa shape index (κ3) is 4.10. The van der Waals surface area contributed by atoms with Crippen molar-refractivity contribution in [3.05, 3.63) is 48.0 Å². The number of hydrogen-bond acceptors (Lipinski definition) is 4. The van der Waals surface area contributed by atoms with Crippen molar-refractivity contribution in [3.8, 4) is 0 Å². The summed E-state index contributed by atoms with van der Waals surface area (Å²) in [7, 11) is 0. The third-order valence-electron chi connectivity index (χ3n) is 3.61. The fourth-order valence-electron chi connectivity index (χ4n) is 2.38. The number of carbonyl (C=O) groups excluding carboxylic acids is 2. The number of esters is 1. The summed E-state index contributed by atoms with van der Waals surface area (Å²) in [6.07, 6.45) is -0.471. The zero-order chi connectivity index (χ0) is 16.1. The summed E-state index contributed by atoms with van der Waals surface area (Å²) >= 11 is 0. The van der Waals surface area contributed by atoms with Gasteiger partial charge in [-0.15, -0.1) is 0 Å². The van der Waals surface area contributed by atoms with Crippen molar-refractivity contribution in [1.82, 2.24) is 5.32 Å². The molecule has 1 aromatic carbocycles. The van der Waals surface area contributed by atoms with Gasteiger partial charge in [-0.1, -0.05) is 50.8 Å². The molecule has 1 aliphatic rings. The molecule has 5 heteroatoms. The molecular weight excluding hydrogens is 282 g/mol. The molecule has 118 valence electrons. The number of alkyl carbamates (subject to hydrolysis) is 1. The zero-order valence-electron chi connectivity index (χ0n) is 12.9. The van der Waals surface area contributed by atoms with E-state index in [2.05, 4.69) is 11.9 Å². The lowest BCUT2D eigenvalue weighted by atomic mass is 9.96. The van der Waals surface area contributed by atoms with Crippen molar-refractivity contribution in [2.45, 2.75) is 39.0 Å². The minimum Gasteiger partial charge on any atom is -0.456 e. The topological polar surface area (TPSA) is 64.6 Å². The van der Waals surface area contributed by atoms with Crippen LogP contribution in [0.25, 0.3) is 0 Å². The molecule has 2 rings (SSSR count). The van der Waals surface area contributed by atoms with Gasteiger partial charge in [-0.3, -0.25) is 0 Å². The van der Waals surface area contributed by atoms with Gasteiger partial charge in [-0.2, -0.15) is 0 Å². The van der Waals surface area contributed by atoms with Crippen molar-refractivity contribution in [3.63, 3.8) is 0 Å². The van der Waals surface area contributed by atoms with E-state index >= 15 is 0 Å². The number of amides is 1. The van der Waals surface area contributed by atoms with Crippen LogP contribution in [0.2, 0.25) is 0 Å². The fraction of sp³-hybridized carbons (Fsp3) is 0.412. The summed E-state index contributed by atoms with van der Waals surface area (Å²) in [4.78, 5) is 23.4. The Balaban J connectivity index is 1.89. The molecule has 0 radical (unpaired) electrons. The molecule has 0 unspecified atom stereocenters. The molecule has 0 spiro atoms. The maximum atomic E-state index is 12.0. The first kappa shape index (κ1) is 16.1. The van der Waals surface area contributed by atoms with Crippen LogP contribution in [0.5, 0.6) is 0 Å². The van der Waals surface area contributed by atoms with Gasteiger partial charge in [0.1, 0.15) is 12.7 Å². The number of carbonyl (C=O) groups is 2. The Morgan fingerprint density at radius 3 is 2.64 bits per heavy atom. The van der Waals surface area contributed by atoms with Crippen molar-refractivity contribution >= 4 is 12.1 Å². The smallest absolute Gasteiger partial charge is 0.407 e. The highest BCUT2D eigenvalue weighted by Gasteiger charge is 2.36. The van der Waals surface area contributed by atoms with E-state index in [0.717, 1.165) is 5.56 Å². The Bertz CT molecular complexity index is 537. The van der Waals surface area contributed by atoms with Crippen LogP contribution in [0.1, 0.15) is 25.8 Å².